The van der Waals surface area contributed by atoms with Crippen LogP contribution in [-0.2, 0) is 0 Å². The molecule has 2 heteroatoms. The van der Waals surface area contributed by atoms with E-state index in [1.165, 1.54) is 0 Å². The predicted octanol–water partition coefficient (Wildman–Crippen LogP) is 4.23. The van der Waals surface area contributed by atoms with Gasteiger partial charge in [-0.15, -0.1) is 0 Å². The van der Waals surface area contributed by atoms with Crippen molar-refractivity contribution >= 4 is 11.9 Å². The lowest BCUT2D eigenvalue weighted by Gasteiger charge is -2.01. The first-order chi connectivity index (χ1) is 9.47. The minimum Gasteiger partial charge on any atom is -0.360 e. The van der Waals surface area contributed by atoms with Crippen LogP contribution in [0.4, 0.5) is 5.69 Å². The average molecular weight is 248 g/mol. The van der Waals surface area contributed by atoms with Gasteiger partial charge in [0.25, 0.3) is 0 Å². The first-order valence-corrected chi connectivity index (χ1v) is 6.17. The number of nitrogens with zero attached hydrogens (tertiary/aromatic N) is 1. The summed E-state index contributed by atoms with van der Waals surface area (Å²) in [4.78, 5) is 4.04. The first-order valence-electron chi connectivity index (χ1n) is 6.17. The van der Waals surface area contributed by atoms with Crippen LogP contribution in [0.25, 0.3) is 0 Å². The summed E-state index contributed by atoms with van der Waals surface area (Å²) in [5.41, 5.74) is 2.22. The van der Waals surface area contributed by atoms with E-state index in [2.05, 4.69) is 10.3 Å². The highest BCUT2D eigenvalue weighted by atomic mass is 14.9. The predicted molar refractivity (Wildman–Crippen MR) is 83.4 cm³/mol. The molecule has 0 saturated heterocycles. The van der Waals surface area contributed by atoms with Crippen LogP contribution in [0, 0.1) is 0 Å². The van der Waals surface area contributed by atoms with E-state index in [0.717, 1.165) is 11.3 Å². The third kappa shape index (κ3) is 4.64. The van der Waals surface area contributed by atoms with Crippen molar-refractivity contribution in [1.29, 1.82) is 0 Å². The number of aliphatic imine (C=N–C) groups is 1. The van der Waals surface area contributed by atoms with E-state index >= 15 is 0 Å². The maximum atomic E-state index is 4.04. The van der Waals surface area contributed by atoms with E-state index in [-0.39, 0.29) is 0 Å². The van der Waals surface area contributed by atoms with Gasteiger partial charge in [-0.3, -0.25) is 4.99 Å². The van der Waals surface area contributed by atoms with Gasteiger partial charge in [0.05, 0.1) is 0 Å². The van der Waals surface area contributed by atoms with Crippen molar-refractivity contribution < 1.29 is 0 Å². The molecule has 0 bridgehead atoms. The number of hydrogen-bond donors (Lipinski definition) is 1. The van der Waals surface area contributed by atoms with Crippen molar-refractivity contribution in [3.05, 3.63) is 90.8 Å². The molecule has 0 spiro atoms. The molecule has 0 atom stereocenters. The molecule has 0 radical (unpaired) electrons. The van der Waals surface area contributed by atoms with E-state index in [1.807, 2.05) is 85.3 Å². The molecule has 1 N–H and O–H groups in total. The second kappa shape index (κ2) is 7.67. The molecule has 0 saturated carbocycles. The summed E-state index contributed by atoms with van der Waals surface area (Å²) < 4.78 is 0. The van der Waals surface area contributed by atoms with Crippen LogP contribution in [0.15, 0.2) is 90.3 Å². The van der Waals surface area contributed by atoms with Gasteiger partial charge in [-0.05, 0) is 6.07 Å². The van der Waals surface area contributed by atoms with Crippen LogP contribution in [0.2, 0.25) is 0 Å². The highest BCUT2D eigenvalue weighted by Crippen LogP contribution is 2.13. The Morgan fingerprint density at radius 3 is 1.95 bits per heavy atom. The van der Waals surface area contributed by atoms with Crippen LogP contribution in [0.5, 0.6) is 0 Å². The van der Waals surface area contributed by atoms with E-state index in [9.17, 15) is 0 Å². The van der Waals surface area contributed by atoms with E-state index in [1.54, 1.807) is 6.20 Å². The number of rotatable bonds is 0. The Balaban J connectivity index is 0.000000148. The van der Waals surface area contributed by atoms with Crippen LogP contribution in [0.1, 0.15) is 5.56 Å². The Bertz CT molecular complexity index is 517. The van der Waals surface area contributed by atoms with Crippen molar-refractivity contribution in [2.75, 3.05) is 5.32 Å². The van der Waals surface area contributed by atoms with Crippen molar-refractivity contribution in [2.24, 2.45) is 4.99 Å². The topological polar surface area (TPSA) is 24.4 Å². The summed E-state index contributed by atoms with van der Waals surface area (Å²) in [5, 5.41) is 3.12. The molecular formula is C17H16N2. The second-order valence-corrected chi connectivity index (χ2v) is 3.87. The minimum absolute atomic E-state index is 1.10. The number of allylic oxidation sites excluding steroid dienone is 8. The highest BCUT2D eigenvalue weighted by molar-refractivity contribution is 5.88. The minimum atomic E-state index is 1.10. The maximum Gasteiger partial charge on any atom is 0.0469 e. The van der Waals surface area contributed by atoms with Crippen molar-refractivity contribution in [3.63, 3.8) is 0 Å². The highest BCUT2D eigenvalue weighted by Gasteiger charge is 1.96. The van der Waals surface area contributed by atoms with E-state index in [0.29, 0.717) is 0 Å². The van der Waals surface area contributed by atoms with Crippen molar-refractivity contribution in [3.8, 4) is 0 Å². The summed E-state index contributed by atoms with van der Waals surface area (Å²) in [6.07, 6.45) is 21.4. The lowest BCUT2D eigenvalue weighted by atomic mass is 10.2. The summed E-state index contributed by atoms with van der Waals surface area (Å²) in [7, 11) is 0. The Morgan fingerprint density at radius 1 is 0.737 bits per heavy atom. The fourth-order valence-corrected chi connectivity index (χ4v) is 1.55. The molecule has 0 aromatic heterocycles. The molecule has 94 valence electrons. The van der Waals surface area contributed by atoms with Crippen molar-refractivity contribution in [1.82, 2.24) is 0 Å². The monoisotopic (exact) mass is 248 g/mol. The number of anilines is 1. The lowest BCUT2D eigenvalue weighted by molar-refractivity contribution is 1.55. The molecule has 1 aliphatic carbocycles. The molecule has 19 heavy (non-hydrogen) atoms. The summed E-state index contributed by atoms with van der Waals surface area (Å²) >= 11 is 0. The molecule has 1 aromatic rings. The summed E-state index contributed by atoms with van der Waals surface area (Å²) in [5.74, 6) is 0. The summed E-state index contributed by atoms with van der Waals surface area (Å²) in [6.45, 7) is 0. The lowest BCUT2D eigenvalue weighted by Crippen LogP contribution is -1.89. The molecule has 0 unspecified atom stereocenters. The number of hydrogen-bond acceptors (Lipinski definition) is 2. The first kappa shape index (κ1) is 12.8. The van der Waals surface area contributed by atoms with Crippen LogP contribution >= 0.6 is 0 Å². The van der Waals surface area contributed by atoms with Gasteiger partial charge in [-0.2, -0.15) is 0 Å². The molecule has 3 rings (SSSR count). The molecular weight excluding hydrogens is 232 g/mol. The fourth-order valence-electron chi connectivity index (χ4n) is 1.55. The smallest absolute Gasteiger partial charge is 0.0469 e. The van der Waals surface area contributed by atoms with Crippen LogP contribution < -0.4 is 5.32 Å². The zero-order chi connectivity index (χ0) is 13.2. The van der Waals surface area contributed by atoms with E-state index < -0.39 is 0 Å². The standard InChI is InChI=1S/C9H8N2.C8H8/c1-2-4-9-8(3-1)7-10-5-6-11-9;1-2-4-6-8-7-5-3-1/h1-7,11H;1-8H. The molecule has 2 nitrogen and oxygen atoms in total. The summed E-state index contributed by atoms with van der Waals surface area (Å²) in [6, 6.07) is 8.05. The number of fused-ring (bicyclic) bond motifs is 1. The quantitative estimate of drug-likeness (QED) is 0.730. The molecule has 2 aliphatic rings. The molecule has 0 amide bonds. The molecule has 1 aliphatic heterocycles. The normalized spacial score (nSPS) is 14.5. The van der Waals surface area contributed by atoms with Gasteiger partial charge in [-0.25, -0.2) is 0 Å². The van der Waals surface area contributed by atoms with Crippen LogP contribution in [-0.4, -0.2) is 6.21 Å². The maximum absolute atomic E-state index is 4.04. The Labute approximate surface area is 113 Å². The Hall–Kier alpha value is -2.61. The van der Waals surface area contributed by atoms with Crippen LogP contribution in [0.3, 0.4) is 0 Å². The third-order valence-electron chi connectivity index (χ3n) is 2.46. The molecule has 1 aromatic carbocycles. The number of nitrogens with one attached hydrogen (secondary N) is 1. The van der Waals surface area contributed by atoms with Gasteiger partial charge in [0.15, 0.2) is 0 Å². The Kier molecular flexibility index (Phi) is 5.18. The average Bonchev–Trinajstić information content (AvgIpc) is 2.63. The van der Waals surface area contributed by atoms with E-state index in [4.69, 9.17) is 0 Å². The number of benzene rings is 1. The largest absolute Gasteiger partial charge is 0.360 e. The van der Waals surface area contributed by atoms with Crippen molar-refractivity contribution in [2.45, 2.75) is 0 Å². The fraction of sp³-hybridized carbons (Fsp3) is 0. The zero-order valence-electron chi connectivity index (χ0n) is 10.6. The number of para-hydroxylation sites is 1. The zero-order valence-corrected chi connectivity index (χ0v) is 10.6. The van der Waals surface area contributed by atoms with Gasteiger partial charge < -0.3 is 5.32 Å². The molecule has 0 fully saturated rings. The second-order valence-electron chi connectivity index (χ2n) is 3.87. The SMILES string of the molecule is C1=CC=CC=CC=C1.C1=CNc2ccccc2C=N1. The van der Waals surface area contributed by atoms with Gasteiger partial charge in [0, 0.05) is 29.9 Å². The third-order valence-corrected chi connectivity index (χ3v) is 2.46. The Morgan fingerprint density at radius 2 is 1.32 bits per heavy atom. The van der Waals surface area contributed by atoms with Gasteiger partial charge >= 0.3 is 0 Å². The van der Waals surface area contributed by atoms with Gasteiger partial charge in [0.1, 0.15) is 0 Å². The molecule has 1 heterocycles. The van der Waals surface area contributed by atoms with Gasteiger partial charge in [-0.1, -0.05) is 66.8 Å². The van der Waals surface area contributed by atoms with Gasteiger partial charge in [0.2, 0.25) is 0 Å².